The molecule has 11 heteroatoms. The quantitative estimate of drug-likeness (QED) is 0.466. The maximum Gasteiger partial charge on any atom is 0.435 e. The van der Waals surface area contributed by atoms with Gasteiger partial charge in [-0.1, -0.05) is 24.8 Å². The maximum absolute atomic E-state index is 12.8. The largest absolute Gasteiger partial charge is 0.435 e. The summed E-state index contributed by atoms with van der Waals surface area (Å²) in [7, 11) is 1.22. The summed E-state index contributed by atoms with van der Waals surface area (Å²) in [6.45, 7) is 6.01. The minimum absolute atomic E-state index is 0.188. The molecule has 0 fully saturated rings. The fourth-order valence-electron chi connectivity index (χ4n) is 2.65. The molecular formula is C21H20F6N4O. The van der Waals surface area contributed by atoms with Gasteiger partial charge < -0.3 is 5.32 Å². The molecule has 0 aromatic carbocycles. The van der Waals surface area contributed by atoms with Gasteiger partial charge in [-0.3, -0.25) is 14.5 Å². The van der Waals surface area contributed by atoms with Crippen molar-refractivity contribution in [1.82, 2.24) is 20.1 Å². The number of allylic oxidation sites excluding steroid dienone is 5. The minimum Gasteiger partial charge on any atom is -0.344 e. The number of pyridine rings is 1. The van der Waals surface area contributed by atoms with Crippen molar-refractivity contribution in [3.05, 3.63) is 77.4 Å². The summed E-state index contributed by atoms with van der Waals surface area (Å²) < 4.78 is 77.7. The Balaban J connectivity index is 2.20. The molecule has 1 amide bonds. The van der Waals surface area contributed by atoms with Crippen molar-refractivity contribution in [2.24, 2.45) is 7.05 Å². The van der Waals surface area contributed by atoms with Crippen molar-refractivity contribution in [3.8, 4) is 0 Å². The van der Waals surface area contributed by atoms with Crippen LogP contribution in [-0.4, -0.2) is 26.8 Å². The molecule has 0 bridgehead atoms. The Hall–Kier alpha value is -3.37. The lowest BCUT2D eigenvalue weighted by Gasteiger charge is -2.15. The molecule has 0 aliphatic rings. The van der Waals surface area contributed by atoms with E-state index in [0.717, 1.165) is 17.7 Å². The van der Waals surface area contributed by atoms with Crippen LogP contribution < -0.4 is 5.32 Å². The number of aryl methyl sites for hydroxylation is 1. The van der Waals surface area contributed by atoms with E-state index in [0.29, 0.717) is 11.6 Å². The molecule has 1 N–H and O–H groups in total. The van der Waals surface area contributed by atoms with E-state index in [-0.39, 0.29) is 17.0 Å². The van der Waals surface area contributed by atoms with E-state index in [1.807, 2.05) is 0 Å². The smallest absolute Gasteiger partial charge is 0.344 e. The molecule has 2 rings (SSSR count). The van der Waals surface area contributed by atoms with Crippen LogP contribution in [0.4, 0.5) is 26.3 Å². The molecule has 0 spiro atoms. The highest BCUT2D eigenvalue weighted by atomic mass is 19.4. The highest BCUT2D eigenvalue weighted by Crippen LogP contribution is 2.29. The first kappa shape index (κ1) is 24.9. The molecule has 0 unspecified atom stereocenters. The van der Waals surface area contributed by atoms with Gasteiger partial charge in [-0.2, -0.15) is 31.4 Å². The predicted molar refractivity (Wildman–Crippen MR) is 106 cm³/mol. The molecule has 0 aliphatic carbocycles. The predicted octanol–water partition coefficient (Wildman–Crippen LogP) is 5.40. The van der Waals surface area contributed by atoms with Crippen LogP contribution in [0.25, 0.3) is 5.57 Å². The molecule has 32 heavy (non-hydrogen) atoms. The Morgan fingerprint density at radius 1 is 1.22 bits per heavy atom. The van der Waals surface area contributed by atoms with Gasteiger partial charge in [0.1, 0.15) is 5.69 Å². The summed E-state index contributed by atoms with van der Waals surface area (Å²) in [6.07, 6.45) is -4.16. The van der Waals surface area contributed by atoms with Crippen molar-refractivity contribution >= 4 is 11.5 Å². The van der Waals surface area contributed by atoms with Crippen LogP contribution in [0.1, 0.15) is 47.3 Å². The van der Waals surface area contributed by atoms with Crippen LogP contribution in [0.5, 0.6) is 0 Å². The molecule has 5 nitrogen and oxygen atoms in total. The van der Waals surface area contributed by atoms with E-state index < -0.39 is 35.6 Å². The highest BCUT2D eigenvalue weighted by Gasteiger charge is 2.35. The third-order valence-corrected chi connectivity index (χ3v) is 4.45. The topological polar surface area (TPSA) is 59.8 Å². The summed E-state index contributed by atoms with van der Waals surface area (Å²) in [5, 5.41) is 5.84. The normalized spacial score (nSPS) is 14.3. The molecule has 0 aliphatic heterocycles. The van der Waals surface area contributed by atoms with E-state index in [1.165, 1.54) is 31.5 Å². The van der Waals surface area contributed by atoms with Crippen molar-refractivity contribution < 1.29 is 31.1 Å². The molecular weight excluding hydrogens is 438 g/mol. The Kier molecular flexibility index (Phi) is 7.32. The van der Waals surface area contributed by atoms with Crippen LogP contribution in [0.3, 0.4) is 0 Å². The van der Waals surface area contributed by atoms with Gasteiger partial charge in [0.2, 0.25) is 0 Å². The van der Waals surface area contributed by atoms with Gasteiger partial charge in [-0.25, -0.2) is 0 Å². The second kappa shape index (κ2) is 9.41. The highest BCUT2D eigenvalue weighted by molar-refractivity contribution is 5.93. The average molecular weight is 458 g/mol. The second-order valence-electron chi connectivity index (χ2n) is 6.89. The molecule has 2 heterocycles. The summed E-state index contributed by atoms with van der Waals surface area (Å²) in [6, 6.07) is 3.02. The summed E-state index contributed by atoms with van der Waals surface area (Å²) in [4.78, 5) is 16.5. The number of alkyl halides is 6. The molecule has 1 atom stereocenters. The zero-order valence-electron chi connectivity index (χ0n) is 17.3. The van der Waals surface area contributed by atoms with E-state index >= 15 is 0 Å². The fourth-order valence-corrected chi connectivity index (χ4v) is 2.65. The number of carbonyl (C=O) groups is 1. The van der Waals surface area contributed by atoms with Crippen molar-refractivity contribution in [2.75, 3.05) is 0 Å². The Bertz CT molecular complexity index is 1050. The van der Waals surface area contributed by atoms with Crippen molar-refractivity contribution in [3.63, 3.8) is 0 Å². The number of carbonyl (C=O) groups excluding carboxylic acids is 1. The van der Waals surface area contributed by atoms with Crippen molar-refractivity contribution in [2.45, 2.75) is 32.2 Å². The van der Waals surface area contributed by atoms with E-state index in [1.54, 1.807) is 13.0 Å². The van der Waals surface area contributed by atoms with Crippen LogP contribution in [0.2, 0.25) is 0 Å². The molecule has 0 radical (unpaired) electrons. The van der Waals surface area contributed by atoms with Gasteiger partial charge >= 0.3 is 12.4 Å². The van der Waals surface area contributed by atoms with E-state index in [2.05, 4.69) is 22.0 Å². The van der Waals surface area contributed by atoms with E-state index in [4.69, 9.17) is 0 Å². The lowest BCUT2D eigenvalue weighted by atomic mass is 10.1. The minimum atomic E-state index is -4.68. The number of nitrogens with zero attached hydrogens (tertiary/aromatic N) is 3. The second-order valence-corrected chi connectivity index (χ2v) is 6.89. The number of rotatable bonds is 6. The van der Waals surface area contributed by atoms with Gasteiger partial charge in [0.05, 0.1) is 11.7 Å². The molecule has 2 aromatic heterocycles. The standard InChI is InChI=1S/C21H20F6N4O/c1-5-6-14(9-12(2)20(22,23)24)16-8-7-15(11-28-16)13(3)29-19(32)17-10-18(21(25,26)27)30-31(17)4/h5-11,13H,1H2,2-4H3,(H,29,32)/b12-9+,14-6+/t13-/m0/s1. The van der Waals surface area contributed by atoms with Gasteiger partial charge in [0, 0.05) is 30.5 Å². The summed E-state index contributed by atoms with van der Waals surface area (Å²) in [5.41, 5.74) is -1.35. The van der Waals surface area contributed by atoms with Crippen LogP contribution in [0, 0.1) is 0 Å². The van der Waals surface area contributed by atoms with Gasteiger partial charge in [0.25, 0.3) is 5.91 Å². The summed E-state index contributed by atoms with van der Waals surface area (Å²) >= 11 is 0. The average Bonchev–Trinajstić information content (AvgIpc) is 3.09. The Morgan fingerprint density at radius 2 is 1.88 bits per heavy atom. The van der Waals surface area contributed by atoms with Gasteiger partial charge in [-0.15, -0.1) is 0 Å². The molecule has 0 saturated heterocycles. The Labute approximate surface area is 180 Å². The molecule has 172 valence electrons. The van der Waals surface area contributed by atoms with Gasteiger partial charge in [0.15, 0.2) is 5.69 Å². The number of hydrogen-bond donors (Lipinski definition) is 1. The SMILES string of the molecule is C=C/C=C(\C=C(/C)C(F)(F)F)c1ccc([C@H](C)NC(=O)c2cc(C(F)(F)F)nn2C)cn1. The van der Waals surface area contributed by atoms with Gasteiger partial charge in [-0.05, 0) is 31.6 Å². The number of halogens is 6. The van der Waals surface area contributed by atoms with Crippen LogP contribution in [-0.2, 0) is 13.2 Å². The lowest BCUT2D eigenvalue weighted by molar-refractivity contribution is -0.141. The number of aromatic nitrogens is 3. The third kappa shape index (κ3) is 6.08. The van der Waals surface area contributed by atoms with E-state index in [9.17, 15) is 31.1 Å². The maximum atomic E-state index is 12.8. The first-order chi connectivity index (χ1) is 14.7. The number of hydrogen-bond acceptors (Lipinski definition) is 3. The number of nitrogens with one attached hydrogen (secondary N) is 1. The first-order valence-corrected chi connectivity index (χ1v) is 9.20. The zero-order chi connectivity index (χ0) is 24.3. The third-order valence-electron chi connectivity index (χ3n) is 4.45. The fraction of sp³-hybridized carbons (Fsp3) is 0.286. The Morgan fingerprint density at radius 3 is 2.34 bits per heavy atom. The molecule has 2 aromatic rings. The summed E-state index contributed by atoms with van der Waals surface area (Å²) in [5.74, 6) is -0.775. The molecule has 0 saturated carbocycles. The lowest BCUT2D eigenvalue weighted by Crippen LogP contribution is -2.28. The monoisotopic (exact) mass is 458 g/mol. The van der Waals surface area contributed by atoms with Crippen LogP contribution in [0.15, 0.2) is 54.8 Å². The van der Waals surface area contributed by atoms with Crippen molar-refractivity contribution in [1.29, 1.82) is 0 Å². The van der Waals surface area contributed by atoms with Crippen LogP contribution >= 0.6 is 0 Å². The zero-order valence-corrected chi connectivity index (χ0v) is 17.3. The number of amides is 1. The first-order valence-electron chi connectivity index (χ1n) is 9.20.